The van der Waals surface area contributed by atoms with E-state index in [1.807, 2.05) is 66.4 Å². The third kappa shape index (κ3) is 7.72. The Kier molecular flexibility index (Phi) is 10.5. The van der Waals surface area contributed by atoms with E-state index in [0.717, 1.165) is 35.1 Å². The van der Waals surface area contributed by atoms with Crippen LogP contribution >= 0.6 is 11.6 Å². The highest BCUT2D eigenvalue weighted by molar-refractivity contribution is 6.31. The SMILES string of the molecule is Cc1cc(NC(=O)[C@H](CCN)NC(=O)[C@@H]2Cc3ccccc3CN2C(=O)CCC(=O)N2CCC[C@H]2c2ccccc2)ccc1Cl. The summed E-state index contributed by atoms with van der Waals surface area (Å²) in [6, 6.07) is 21.1. The fourth-order valence-corrected chi connectivity index (χ4v) is 6.38. The summed E-state index contributed by atoms with van der Waals surface area (Å²) in [6.45, 7) is 2.92. The number of hydrogen-bond acceptors (Lipinski definition) is 5. The average Bonchev–Trinajstić information content (AvgIpc) is 3.55. The number of benzene rings is 3. The van der Waals surface area contributed by atoms with Crippen molar-refractivity contribution in [2.24, 2.45) is 5.73 Å². The summed E-state index contributed by atoms with van der Waals surface area (Å²) in [5.74, 6) is -1.18. The van der Waals surface area contributed by atoms with Crippen LogP contribution in [0.2, 0.25) is 5.02 Å². The van der Waals surface area contributed by atoms with E-state index in [-0.39, 0.29) is 50.2 Å². The minimum atomic E-state index is -0.903. The van der Waals surface area contributed by atoms with Crippen molar-refractivity contribution in [2.45, 2.75) is 70.1 Å². The summed E-state index contributed by atoms with van der Waals surface area (Å²) in [7, 11) is 0. The van der Waals surface area contributed by atoms with Gasteiger partial charge < -0.3 is 26.2 Å². The lowest BCUT2D eigenvalue weighted by atomic mass is 9.92. The zero-order valence-electron chi connectivity index (χ0n) is 25.5. The Morgan fingerprint density at radius 1 is 0.933 bits per heavy atom. The second-order valence-corrected chi connectivity index (χ2v) is 12.2. The molecule has 2 aliphatic heterocycles. The van der Waals surface area contributed by atoms with E-state index in [4.69, 9.17) is 17.3 Å². The highest BCUT2D eigenvalue weighted by Crippen LogP contribution is 2.33. The number of hydrogen-bond donors (Lipinski definition) is 3. The third-order valence-electron chi connectivity index (χ3n) is 8.70. The number of anilines is 1. The van der Waals surface area contributed by atoms with Gasteiger partial charge in [0.1, 0.15) is 12.1 Å². The van der Waals surface area contributed by atoms with Gasteiger partial charge in [-0.2, -0.15) is 0 Å². The smallest absolute Gasteiger partial charge is 0.246 e. The van der Waals surface area contributed by atoms with E-state index in [9.17, 15) is 19.2 Å². The molecule has 236 valence electrons. The van der Waals surface area contributed by atoms with Crippen molar-refractivity contribution in [2.75, 3.05) is 18.4 Å². The number of amides is 4. The summed E-state index contributed by atoms with van der Waals surface area (Å²) in [5.41, 5.74) is 10.2. The molecule has 4 amide bonds. The summed E-state index contributed by atoms with van der Waals surface area (Å²) in [4.78, 5) is 57.5. The Labute approximate surface area is 269 Å². The lowest BCUT2D eigenvalue weighted by Gasteiger charge is -2.37. The molecule has 9 nitrogen and oxygen atoms in total. The van der Waals surface area contributed by atoms with Gasteiger partial charge in [-0.25, -0.2) is 0 Å². The number of rotatable bonds is 10. The molecule has 0 saturated carbocycles. The molecule has 2 heterocycles. The number of carbonyl (C=O) groups is 4. The first-order valence-electron chi connectivity index (χ1n) is 15.5. The Bertz CT molecular complexity index is 1550. The lowest BCUT2D eigenvalue weighted by molar-refractivity contribution is -0.144. The number of fused-ring (bicyclic) bond motifs is 1. The van der Waals surface area contributed by atoms with Crippen molar-refractivity contribution >= 4 is 40.9 Å². The molecule has 0 aromatic heterocycles. The number of nitrogens with zero attached hydrogens (tertiary/aromatic N) is 2. The Morgan fingerprint density at radius 3 is 2.33 bits per heavy atom. The van der Waals surface area contributed by atoms with Crippen LogP contribution in [0.1, 0.15) is 60.4 Å². The van der Waals surface area contributed by atoms with Gasteiger partial charge in [0.05, 0.1) is 6.04 Å². The molecule has 45 heavy (non-hydrogen) atoms. The number of halogens is 1. The molecule has 1 fully saturated rings. The van der Waals surface area contributed by atoms with Gasteiger partial charge in [0, 0.05) is 43.1 Å². The lowest BCUT2D eigenvalue weighted by Crippen LogP contribution is -2.56. The van der Waals surface area contributed by atoms with Gasteiger partial charge in [-0.05, 0) is 73.2 Å². The number of carbonyl (C=O) groups excluding carboxylic acids is 4. The maximum atomic E-state index is 13.8. The Morgan fingerprint density at radius 2 is 1.62 bits per heavy atom. The fraction of sp³-hybridized carbons (Fsp3) is 0.371. The van der Waals surface area contributed by atoms with Gasteiger partial charge in [0.25, 0.3) is 0 Å². The van der Waals surface area contributed by atoms with Gasteiger partial charge >= 0.3 is 0 Å². The summed E-state index contributed by atoms with van der Waals surface area (Å²) >= 11 is 6.12. The average molecular weight is 630 g/mol. The van der Waals surface area contributed by atoms with E-state index in [1.54, 1.807) is 23.1 Å². The first-order valence-corrected chi connectivity index (χ1v) is 15.9. The maximum Gasteiger partial charge on any atom is 0.246 e. The molecule has 3 aromatic rings. The van der Waals surface area contributed by atoms with Crippen molar-refractivity contribution in [1.29, 1.82) is 0 Å². The van der Waals surface area contributed by atoms with Crippen LogP contribution < -0.4 is 16.4 Å². The fourth-order valence-electron chi connectivity index (χ4n) is 6.26. The Balaban J connectivity index is 1.27. The van der Waals surface area contributed by atoms with Crippen molar-refractivity contribution in [3.63, 3.8) is 0 Å². The van der Waals surface area contributed by atoms with Crippen molar-refractivity contribution in [1.82, 2.24) is 15.1 Å². The number of aryl methyl sites for hydroxylation is 1. The van der Waals surface area contributed by atoms with Gasteiger partial charge in [-0.3, -0.25) is 19.2 Å². The third-order valence-corrected chi connectivity index (χ3v) is 9.12. The predicted octanol–water partition coefficient (Wildman–Crippen LogP) is 4.52. The van der Waals surface area contributed by atoms with Crippen LogP contribution in [-0.4, -0.2) is 58.6 Å². The number of likely N-dealkylation sites (tertiary alicyclic amines) is 1. The number of nitrogens with two attached hydrogens (primary N) is 1. The van der Waals surface area contributed by atoms with Gasteiger partial charge in [-0.1, -0.05) is 66.2 Å². The molecule has 5 rings (SSSR count). The van der Waals surface area contributed by atoms with E-state index in [2.05, 4.69) is 10.6 Å². The summed E-state index contributed by atoms with van der Waals surface area (Å²) in [5, 5.41) is 6.28. The number of nitrogens with one attached hydrogen (secondary N) is 2. The molecular formula is C35H40ClN5O4. The molecule has 10 heteroatoms. The highest BCUT2D eigenvalue weighted by atomic mass is 35.5. The zero-order chi connectivity index (χ0) is 31.9. The van der Waals surface area contributed by atoms with Crippen LogP contribution in [0.3, 0.4) is 0 Å². The van der Waals surface area contributed by atoms with E-state index < -0.39 is 23.9 Å². The second kappa shape index (κ2) is 14.7. The zero-order valence-corrected chi connectivity index (χ0v) is 26.3. The topological polar surface area (TPSA) is 125 Å². The monoisotopic (exact) mass is 629 g/mol. The van der Waals surface area contributed by atoms with Crippen molar-refractivity contribution in [3.8, 4) is 0 Å². The molecule has 0 unspecified atom stereocenters. The normalized spacial score (nSPS) is 18.2. The van der Waals surface area contributed by atoms with Gasteiger partial charge in [0.15, 0.2) is 0 Å². The standard InChI is InChI=1S/C35H40ClN5O4/c1-23-20-27(13-14-28(23)36)38-34(44)29(17-18-37)39-35(45)31-21-25-10-5-6-11-26(25)22-41(31)33(43)16-15-32(42)40-19-7-12-30(40)24-8-3-2-4-9-24/h2-6,8-11,13-14,20,29-31H,7,12,15-19,21-22,37H2,1H3,(H,38,44)(H,39,45)/t29-,30-,31-/m0/s1. The van der Waals surface area contributed by atoms with Crippen LogP contribution in [-0.2, 0) is 32.1 Å². The molecule has 1 saturated heterocycles. The first-order chi connectivity index (χ1) is 21.7. The van der Waals surface area contributed by atoms with E-state index in [1.165, 1.54) is 0 Å². The minimum absolute atomic E-state index is 0.00851. The highest BCUT2D eigenvalue weighted by Gasteiger charge is 2.37. The van der Waals surface area contributed by atoms with Crippen LogP contribution in [0.25, 0.3) is 0 Å². The molecule has 3 aromatic carbocycles. The van der Waals surface area contributed by atoms with Gasteiger partial charge in [-0.15, -0.1) is 0 Å². The van der Waals surface area contributed by atoms with E-state index in [0.29, 0.717) is 23.7 Å². The minimum Gasteiger partial charge on any atom is -0.342 e. The van der Waals surface area contributed by atoms with Crippen LogP contribution in [0, 0.1) is 6.92 Å². The summed E-state index contributed by atoms with van der Waals surface area (Å²) < 4.78 is 0. The largest absolute Gasteiger partial charge is 0.342 e. The van der Waals surface area contributed by atoms with Gasteiger partial charge in [0.2, 0.25) is 23.6 Å². The molecule has 2 aliphatic rings. The van der Waals surface area contributed by atoms with E-state index >= 15 is 0 Å². The molecule has 0 bridgehead atoms. The van der Waals surface area contributed by atoms with Crippen LogP contribution in [0.15, 0.2) is 72.8 Å². The molecule has 0 aliphatic carbocycles. The molecule has 0 radical (unpaired) electrons. The molecule has 0 spiro atoms. The molecule has 3 atom stereocenters. The maximum absolute atomic E-state index is 13.8. The quantitative estimate of drug-likeness (QED) is 0.304. The molecule has 4 N–H and O–H groups in total. The Hall–Kier alpha value is -4.21. The van der Waals surface area contributed by atoms with Crippen LogP contribution in [0.4, 0.5) is 5.69 Å². The second-order valence-electron chi connectivity index (χ2n) is 11.8. The van der Waals surface area contributed by atoms with Crippen LogP contribution in [0.5, 0.6) is 0 Å². The summed E-state index contributed by atoms with van der Waals surface area (Å²) in [6.07, 6.45) is 2.38. The first kappa shape index (κ1) is 32.2. The van der Waals surface area contributed by atoms with Crippen molar-refractivity contribution in [3.05, 3.63) is 100 Å². The molecular weight excluding hydrogens is 590 g/mol. The predicted molar refractivity (Wildman–Crippen MR) is 174 cm³/mol. The van der Waals surface area contributed by atoms with Crippen molar-refractivity contribution < 1.29 is 19.2 Å².